The maximum absolute atomic E-state index is 10.4. The molecular weight excluding hydrogens is 231 g/mol. The predicted molar refractivity (Wildman–Crippen MR) is 45.9 cm³/mol. The summed E-state index contributed by atoms with van der Waals surface area (Å²) in [5, 5.41) is 0. The third-order valence-corrected chi connectivity index (χ3v) is 3.36. The second-order valence-corrected chi connectivity index (χ2v) is 6.22. The van der Waals surface area contributed by atoms with Gasteiger partial charge in [-0.2, -0.15) is 0 Å². The Bertz CT molecular complexity index is 99.4. The molecule has 0 saturated carbocycles. The van der Waals surface area contributed by atoms with Crippen LogP contribution < -0.4 is 0 Å². The van der Waals surface area contributed by atoms with Crippen molar-refractivity contribution in [2.75, 3.05) is 0 Å². The summed E-state index contributed by atoms with van der Waals surface area (Å²) in [7, 11) is 0. The van der Waals surface area contributed by atoms with Gasteiger partial charge in [-0.1, -0.05) is 0 Å². The van der Waals surface area contributed by atoms with Crippen LogP contribution in [0.15, 0.2) is 0 Å². The van der Waals surface area contributed by atoms with Crippen LogP contribution in [0.4, 0.5) is 0 Å². The molecule has 0 N–H and O–H groups in total. The Morgan fingerprint density at radius 1 is 1.30 bits per heavy atom. The molecule has 0 aromatic rings. The van der Waals surface area contributed by atoms with Crippen LogP contribution in [0.1, 0.15) is 40.0 Å². The molecule has 0 bridgehead atoms. The SMILES string of the molecule is CCCC(C)(C)C[CH2][SnH]=[O]. The van der Waals surface area contributed by atoms with Gasteiger partial charge in [0.25, 0.3) is 0 Å². The molecule has 10 heavy (non-hydrogen) atoms. The second-order valence-electron chi connectivity index (χ2n) is 3.62. The molecule has 0 aromatic carbocycles. The molecule has 0 spiro atoms. The summed E-state index contributed by atoms with van der Waals surface area (Å²) in [6.07, 6.45) is 3.69. The van der Waals surface area contributed by atoms with Crippen molar-refractivity contribution in [3.63, 3.8) is 0 Å². The molecule has 1 nitrogen and oxygen atoms in total. The third kappa shape index (κ3) is 5.39. The van der Waals surface area contributed by atoms with Crippen molar-refractivity contribution in [3.8, 4) is 0 Å². The normalized spacial score (nSPS) is 11.5. The predicted octanol–water partition coefficient (Wildman–Crippen LogP) is 2.40. The molecule has 0 rings (SSSR count). The summed E-state index contributed by atoms with van der Waals surface area (Å²) in [5.74, 6) is 0. The molecule has 0 atom stereocenters. The first-order chi connectivity index (χ1) is 4.62. The van der Waals surface area contributed by atoms with Gasteiger partial charge in [0.1, 0.15) is 0 Å². The van der Waals surface area contributed by atoms with E-state index < -0.39 is 21.1 Å². The van der Waals surface area contributed by atoms with Crippen LogP contribution in [0.25, 0.3) is 0 Å². The Labute approximate surface area is 74.2 Å². The van der Waals surface area contributed by atoms with E-state index in [0.29, 0.717) is 5.41 Å². The Morgan fingerprint density at radius 2 is 1.90 bits per heavy atom. The van der Waals surface area contributed by atoms with E-state index in [2.05, 4.69) is 20.8 Å². The number of hydrogen-bond donors (Lipinski definition) is 0. The van der Waals surface area contributed by atoms with E-state index in [1.807, 2.05) is 0 Å². The van der Waals surface area contributed by atoms with E-state index in [0.717, 1.165) is 4.44 Å². The van der Waals surface area contributed by atoms with Crippen LogP contribution in [0.3, 0.4) is 0 Å². The van der Waals surface area contributed by atoms with Gasteiger partial charge in [0.05, 0.1) is 0 Å². The molecule has 0 aliphatic heterocycles. The summed E-state index contributed by atoms with van der Waals surface area (Å²) >= 11 is -1.31. The zero-order valence-electron chi connectivity index (χ0n) is 7.31. The molecule has 0 heterocycles. The van der Waals surface area contributed by atoms with Crippen LogP contribution in [0.5, 0.6) is 0 Å². The van der Waals surface area contributed by atoms with E-state index >= 15 is 0 Å². The monoisotopic (exact) mass is 250 g/mol. The Kier molecular flexibility index (Phi) is 5.59. The van der Waals surface area contributed by atoms with E-state index in [1.165, 1.54) is 19.3 Å². The molecule has 0 radical (unpaired) electrons. The average molecular weight is 249 g/mol. The fraction of sp³-hybridized carbons (Fsp3) is 1.00. The molecule has 0 amide bonds. The van der Waals surface area contributed by atoms with Gasteiger partial charge in [-0.05, 0) is 0 Å². The van der Waals surface area contributed by atoms with Crippen molar-refractivity contribution in [3.05, 3.63) is 0 Å². The topological polar surface area (TPSA) is 17.1 Å². The summed E-state index contributed by atoms with van der Waals surface area (Å²) in [4.78, 5) is 0. The molecule has 0 fully saturated rings. The third-order valence-electron chi connectivity index (χ3n) is 1.87. The van der Waals surface area contributed by atoms with Crippen LogP contribution in [-0.4, -0.2) is 21.1 Å². The molecule has 0 aliphatic carbocycles. The van der Waals surface area contributed by atoms with Gasteiger partial charge < -0.3 is 0 Å². The average Bonchev–Trinajstić information content (AvgIpc) is 1.84. The fourth-order valence-corrected chi connectivity index (χ4v) is 3.82. The molecule has 0 aromatic heterocycles. The van der Waals surface area contributed by atoms with Crippen molar-refractivity contribution in [1.29, 1.82) is 0 Å². The summed E-state index contributed by atoms with van der Waals surface area (Å²) in [6.45, 7) is 6.75. The molecule has 0 saturated heterocycles. The van der Waals surface area contributed by atoms with Crippen LogP contribution in [-0.2, 0) is 3.08 Å². The quantitative estimate of drug-likeness (QED) is 0.683. The zero-order chi connectivity index (χ0) is 8.04. The minimum atomic E-state index is -1.31. The van der Waals surface area contributed by atoms with E-state index in [1.54, 1.807) is 0 Å². The Morgan fingerprint density at radius 3 is 2.30 bits per heavy atom. The first-order valence-corrected chi connectivity index (χ1v) is 7.73. The molecule has 0 aliphatic rings. The summed E-state index contributed by atoms with van der Waals surface area (Å²) < 4.78 is 11.4. The van der Waals surface area contributed by atoms with Crippen molar-refractivity contribution in [1.82, 2.24) is 0 Å². The van der Waals surface area contributed by atoms with E-state index in [9.17, 15) is 3.08 Å². The Balaban J connectivity index is 3.51. The maximum atomic E-state index is 10.4. The first-order valence-electron chi connectivity index (χ1n) is 4.06. The van der Waals surface area contributed by atoms with Gasteiger partial charge in [-0.3, -0.25) is 0 Å². The van der Waals surface area contributed by atoms with Gasteiger partial charge in [0, 0.05) is 0 Å². The van der Waals surface area contributed by atoms with Crippen molar-refractivity contribution < 1.29 is 3.08 Å². The van der Waals surface area contributed by atoms with Gasteiger partial charge >= 0.3 is 74.1 Å². The number of rotatable bonds is 5. The fourth-order valence-electron chi connectivity index (χ4n) is 1.25. The van der Waals surface area contributed by atoms with Gasteiger partial charge in [0.15, 0.2) is 0 Å². The van der Waals surface area contributed by atoms with Crippen LogP contribution in [0.2, 0.25) is 4.44 Å². The molecule has 2 heteroatoms. The molecular formula is C8H18OSn. The molecule has 0 unspecified atom stereocenters. The first kappa shape index (κ1) is 10.6. The van der Waals surface area contributed by atoms with E-state index in [-0.39, 0.29) is 0 Å². The second kappa shape index (κ2) is 5.28. The van der Waals surface area contributed by atoms with Gasteiger partial charge in [0.2, 0.25) is 0 Å². The van der Waals surface area contributed by atoms with Gasteiger partial charge in [-0.15, -0.1) is 0 Å². The molecule has 60 valence electrons. The van der Waals surface area contributed by atoms with Crippen molar-refractivity contribution in [2.45, 2.75) is 44.5 Å². The van der Waals surface area contributed by atoms with E-state index in [4.69, 9.17) is 0 Å². The Hall–Kier alpha value is 0.599. The zero-order valence-corrected chi connectivity index (χ0v) is 10.6. The standard InChI is InChI=1S/C8H17.O.Sn.H/c1-5-7-8(3,4)6-2;;;/h2,5-7H2,1,3-4H3;;;. The van der Waals surface area contributed by atoms with Crippen molar-refractivity contribution >= 4 is 21.1 Å². The van der Waals surface area contributed by atoms with Crippen LogP contribution >= 0.6 is 0 Å². The minimum absolute atomic E-state index is 0.449. The van der Waals surface area contributed by atoms with Gasteiger partial charge in [-0.25, -0.2) is 0 Å². The van der Waals surface area contributed by atoms with Crippen molar-refractivity contribution in [2.24, 2.45) is 5.41 Å². The summed E-state index contributed by atoms with van der Waals surface area (Å²) in [6, 6.07) is 0. The van der Waals surface area contributed by atoms with Crippen LogP contribution in [0, 0.1) is 5.41 Å². The summed E-state index contributed by atoms with van der Waals surface area (Å²) in [5.41, 5.74) is 0.449. The number of hydrogen-bond acceptors (Lipinski definition) is 1.